The van der Waals surface area contributed by atoms with Crippen molar-refractivity contribution in [2.45, 2.75) is 27.7 Å². The van der Waals surface area contributed by atoms with E-state index >= 15 is 0 Å². The molecule has 1 aliphatic carbocycles. The summed E-state index contributed by atoms with van der Waals surface area (Å²) in [5, 5.41) is 2.97. The minimum atomic E-state index is -0.314. The van der Waals surface area contributed by atoms with E-state index in [0.29, 0.717) is 21.6 Å². The van der Waals surface area contributed by atoms with Crippen LogP contribution in [0.3, 0.4) is 0 Å². The zero-order valence-corrected chi connectivity index (χ0v) is 13.8. The Hall–Kier alpha value is -0.650. The topological polar surface area (TPSA) is 29.1 Å². The van der Waals surface area contributed by atoms with Crippen molar-refractivity contribution in [2.24, 2.45) is 16.7 Å². The smallest absolute Gasteiger partial charge is 0.252 e. The lowest BCUT2D eigenvalue weighted by molar-refractivity contribution is 0.0949. The van der Waals surface area contributed by atoms with Crippen LogP contribution in [-0.2, 0) is 0 Å². The summed E-state index contributed by atoms with van der Waals surface area (Å²) in [6.45, 7) is 9.58. The van der Waals surface area contributed by atoms with Crippen molar-refractivity contribution in [1.82, 2.24) is 5.32 Å². The van der Waals surface area contributed by atoms with Gasteiger partial charge in [-0.05, 0) is 57.5 Å². The second-order valence-electron chi connectivity index (χ2n) is 6.33. The van der Waals surface area contributed by atoms with Gasteiger partial charge in [-0.1, -0.05) is 27.7 Å². The molecule has 2 nitrogen and oxygen atoms in total. The zero-order chi connectivity index (χ0) is 14.4. The summed E-state index contributed by atoms with van der Waals surface area (Å²) in [5.74, 6) is 0.0513. The van der Waals surface area contributed by atoms with Gasteiger partial charge >= 0.3 is 0 Å². The summed E-state index contributed by atoms with van der Waals surface area (Å²) in [7, 11) is 0. The summed E-state index contributed by atoms with van der Waals surface area (Å²) in [6.07, 6.45) is 0. The quantitative estimate of drug-likeness (QED) is 0.800. The lowest BCUT2D eigenvalue weighted by Crippen LogP contribution is -2.27. The molecule has 0 heterocycles. The molecule has 19 heavy (non-hydrogen) atoms. The molecular formula is C15H19FINO. The highest BCUT2D eigenvalue weighted by Gasteiger charge is 2.64. The fourth-order valence-corrected chi connectivity index (χ4v) is 3.53. The zero-order valence-electron chi connectivity index (χ0n) is 11.7. The van der Waals surface area contributed by atoms with Crippen LogP contribution in [0.1, 0.15) is 38.1 Å². The van der Waals surface area contributed by atoms with Gasteiger partial charge in [0.2, 0.25) is 0 Å². The van der Waals surface area contributed by atoms with Crippen LogP contribution in [0.5, 0.6) is 0 Å². The molecule has 0 spiro atoms. The van der Waals surface area contributed by atoms with Crippen LogP contribution < -0.4 is 5.32 Å². The van der Waals surface area contributed by atoms with Crippen LogP contribution in [0.25, 0.3) is 0 Å². The molecule has 0 aliphatic heterocycles. The number of carbonyl (C=O) groups excluding carboxylic acids is 1. The van der Waals surface area contributed by atoms with Gasteiger partial charge in [-0.2, -0.15) is 0 Å². The van der Waals surface area contributed by atoms with Crippen molar-refractivity contribution in [1.29, 1.82) is 0 Å². The predicted molar refractivity (Wildman–Crippen MR) is 82.5 cm³/mol. The van der Waals surface area contributed by atoms with Gasteiger partial charge in [0, 0.05) is 10.1 Å². The lowest BCUT2D eigenvalue weighted by atomic mass is 10.0. The van der Waals surface area contributed by atoms with E-state index in [0.717, 1.165) is 0 Å². The second kappa shape index (κ2) is 4.72. The van der Waals surface area contributed by atoms with Crippen LogP contribution >= 0.6 is 22.6 Å². The van der Waals surface area contributed by atoms with Crippen molar-refractivity contribution in [3.05, 3.63) is 33.1 Å². The Morgan fingerprint density at radius 2 is 1.89 bits per heavy atom. The first-order valence-electron chi connectivity index (χ1n) is 6.41. The van der Waals surface area contributed by atoms with Crippen LogP contribution in [0.2, 0.25) is 0 Å². The van der Waals surface area contributed by atoms with E-state index in [1.54, 1.807) is 0 Å². The Balaban J connectivity index is 2.00. The molecular weight excluding hydrogens is 356 g/mol. The van der Waals surface area contributed by atoms with Gasteiger partial charge in [0.25, 0.3) is 5.91 Å². The van der Waals surface area contributed by atoms with Gasteiger partial charge in [-0.3, -0.25) is 4.79 Å². The Kier molecular flexibility index (Phi) is 3.66. The Morgan fingerprint density at radius 3 is 2.37 bits per heavy atom. The van der Waals surface area contributed by atoms with E-state index in [9.17, 15) is 9.18 Å². The van der Waals surface area contributed by atoms with Crippen LogP contribution in [0, 0.1) is 26.1 Å². The van der Waals surface area contributed by atoms with Crippen LogP contribution in [0.4, 0.5) is 4.39 Å². The van der Waals surface area contributed by atoms with Gasteiger partial charge in [-0.25, -0.2) is 4.39 Å². The standard InChI is InChI=1S/C15H19FINO/c1-14(2)12(15(14,3)4)8-18-13(19)10-6-5-9(16)7-11(10)17/h5-7,12H,8H2,1-4H3,(H,18,19). The Labute approximate surface area is 127 Å². The van der Waals surface area contributed by atoms with Gasteiger partial charge in [-0.15, -0.1) is 0 Å². The summed E-state index contributed by atoms with van der Waals surface area (Å²) in [4.78, 5) is 12.1. The molecule has 0 radical (unpaired) electrons. The molecule has 1 fully saturated rings. The number of rotatable bonds is 3. The number of nitrogens with one attached hydrogen (secondary N) is 1. The average Bonchev–Trinajstić information content (AvgIpc) is 2.66. The number of hydrogen-bond donors (Lipinski definition) is 1. The van der Waals surface area contributed by atoms with E-state index in [1.165, 1.54) is 18.2 Å². The van der Waals surface area contributed by atoms with Gasteiger partial charge in [0.05, 0.1) is 5.56 Å². The fraction of sp³-hybridized carbons (Fsp3) is 0.533. The van der Waals surface area contributed by atoms with Crippen LogP contribution in [0.15, 0.2) is 18.2 Å². The molecule has 4 heteroatoms. The summed E-state index contributed by atoms with van der Waals surface area (Å²) >= 11 is 1.99. The molecule has 1 saturated carbocycles. The fourth-order valence-electron chi connectivity index (χ4n) is 2.81. The van der Waals surface area contributed by atoms with Gasteiger partial charge < -0.3 is 5.32 Å². The minimum absolute atomic E-state index is 0.122. The van der Waals surface area contributed by atoms with Crippen molar-refractivity contribution >= 4 is 28.5 Å². The second-order valence-corrected chi connectivity index (χ2v) is 7.49. The molecule has 1 aromatic carbocycles. The highest BCUT2D eigenvalue weighted by molar-refractivity contribution is 14.1. The molecule has 0 bridgehead atoms. The van der Waals surface area contributed by atoms with E-state index in [1.807, 2.05) is 22.6 Å². The third-order valence-electron chi connectivity index (χ3n) is 4.96. The third kappa shape index (κ3) is 2.51. The number of halogens is 2. The van der Waals surface area contributed by atoms with Crippen molar-refractivity contribution in [3.63, 3.8) is 0 Å². The van der Waals surface area contributed by atoms with Crippen LogP contribution in [-0.4, -0.2) is 12.5 Å². The molecule has 0 atom stereocenters. The summed E-state index contributed by atoms with van der Waals surface area (Å²) in [5.41, 5.74) is 1.06. The largest absolute Gasteiger partial charge is 0.352 e. The summed E-state index contributed by atoms with van der Waals surface area (Å²) in [6, 6.07) is 4.23. The van der Waals surface area contributed by atoms with E-state index in [-0.39, 0.29) is 22.6 Å². The van der Waals surface area contributed by atoms with Gasteiger partial charge in [0.15, 0.2) is 0 Å². The number of benzene rings is 1. The first kappa shape index (κ1) is 14.8. The van der Waals surface area contributed by atoms with E-state index in [4.69, 9.17) is 0 Å². The molecule has 104 valence electrons. The number of carbonyl (C=O) groups is 1. The first-order chi connectivity index (χ1) is 8.68. The normalized spacial score (nSPS) is 20.1. The van der Waals surface area contributed by atoms with Crippen molar-refractivity contribution < 1.29 is 9.18 Å². The number of hydrogen-bond acceptors (Lipinski definition) is 1. The molecule has 1 aliphatic rings. The molecule has 0 unspecified atom stereocenters. The maximum absolute atomic E-state index is 13.0. The molecule has 1 N–H and O–H groups in total. The van der Waals surface area contributed by atoms with Crippen molar-refractivity contribution in [2.75, 3.05) is 6.54 Å². The maximum Gasteiger partial charge on any atom is 0.252 e. The minimum Gasteiger partial charge on any atom is -0.352 e. The van der Waals surface area contributed by atoms with E-state index in [2.05, 4.69) is 33.0 Å². The SMILES string of the molecule is CC1(C)C(CNC(=O)c2ccc(F)cc2I)C1(C)C. The highest BCUT2D eigenvalue weighted by Crippen LogP contribution is 2.67. The number of amides is 1. The molecule has 0 saturated heterocycles. The Bertz CT molecular complexity index is 511. The Morgan fingerprint density at radius 1 is 1.32 bits per heavy atom. The maximum atomic E-state index is 13.0. The summed E-state index contributed by atoms with van der Waals surface area (Å²) < 4.78 is 13.6. The molecule has 1 aromatic rings. The average molecular weight is 375 g/mol. The first-order valence-corrected chi connectivity index (χ1v) is 7.49. The highest BCUT2D eigenvalue weighted by atomic mass is 127. The monoisotopic (exact) mass is 375 g/mol. The third-order valence-corrected chi connectivity index (χ3v) is 5.85. The molecule has 1 amide bonds. The van der Waals surface area contributed by atoms with Crippen molar-refractivity contribution in [3.8, 4) is 0 Å². The lowest BCUT2D eigenvalue weighted by Gasteiger charge is -2.08. The predicted octanol–water partition coefficient (Wildman–Crippen LogP) is 3.84. The van der Waals surface area contributed by atoms with Gasteiger partial charge in [0.1, 0.15) is 5.82 Å². The molecule has 2 rings (SSSR count). The molecule has 0 aromatic heterocycles. The van der Waals surface area contributed by atoms with E-state index < -0.39 is 0 Å².